The summed E-state index contributed by atoms with van der Waals surface area (Å²) in [6, 6.07) is 9.97. The molecule has 2 atom stereocenters. The summed E-state index contributed by atoms with van der Waals surface area (Å²) in [6.45, 7) is 3.40. The molecule has 0 aliphatic carbocycles. The highest BCUT2D eigenvalue weighted by Gasteiger charge is 2.27. The molecule has 2 rings (SSSR count). The number of amides is 1. The van der Waals surface area contributed by atoms with Crippen molar-refractivity contribution < 1.29 is 18.5 Å². The summed E-state index contributed by atoms with van der Waals surface area (Å²) in [7, 11) is -1.07. The van der Waals surface area contributed by atoms with Gasteiger partial charge >= 0.3 is 0 Å². The molecule has 0 spiro atoms. The predicted octanol–water partition coefficient (Wildman–Crippen LogP) is 1.96. The molecule has 118 valence electrons. The molecule has 1 heterocycles. The van der Waals surface area contributed by atoms with Crippen LogP contribution in [-0.2, 0) is 16.4 Å². The second-order valence-electron chi connectivity index (χ2n) is 5.35. The summed E-state index contributed by atoms with van der Waals surface area (Å²) in [5, 5.41) is 13.0. The summed E-state index contributed by atoms with van der Waals surface area (Å²) in [5.74, 6) is 0.795. The standard InChI is InChI=1S/C16H19NO4S/c1-11-4-9-14(21-11)16(2,19)10-17-15(18)12-5-7-13(8-6-12)22(3)20/h4-9,19H,10H2,1-3H3,(H,17,18). The first-order chi connectivity index (χ1) is 10.3. The minimum absolute atomic E-state index is 0.0280. The van der Waals surface area contributed by atoms with Crippen LogP contribution in [0.3, 0.4) is 0 Å². The van der Waals surface area contributed by atoms with Crippen LogP contribution in [0.15, 0.2) is 45.7 Å². The zero-order valence-corrected chi connectivity index (χ0v) is 13.6. The topological polar surface area (TPSA) is 79.5 Å². The van der Waals surface area contributed by atoms with Gasteiger partial charge in [0.2, 0.25) is 0 Å². The number of aliphatic hydroxyl groups is 1. The molecule has 0 fully saturated rings. The van der Waals surface area contributed by atoms with Crippen molar-refractivity contribution in [3.05, 3.63) is 53.5 Å². The number of furan rings is 1. The smallest absolute Gasteiger partial charge is 0.251 e. The third kappa shape index (κ3) is 3.84. The van der Waals surface area contributed by atoms with Gasteiger partial charge in [0.05, 0.1) is 6.54 Å². The van der Waals surface area contributed by atoms with Crippen molar-refractivity contribution in [2.75, 3.05) is 12.8 Å². The monoisotopic (exact) mass is 321 g/mol. The van der Waals surface area contributed by atoms with Crippen LogP contribution in [0.4, 0.5) is 0 Å². The van der Waals surface area contributed by atoms with E-state index in [4.69, 9.17) is 4.42 Å². The Morgan fingerprint density at radius 3 is 2.41 bits per heavy atom. The summed E-state index contributed by atoms with van der Waals surface area (Å²) >= 11 is 0. The van der Waals surface area contributed by atoms with Crippen LogP contribution in [0.2, 0.25) is 0 Å². The van der Waals surface area contributed by atoms with Crippen LogP contribution >= 0.6 is 0 Å². The third-order valence-corrected chi connectivity index (χ3v) is 4.25. The van der Waals surface area contributed by atoms with Gasteiger partial charge in [-0.3, -0.25) is 9.00 Å². The molecule has 0 saturated carbocycles. The minimum Gasteiger partial charge on any atom is -0.463 e. The largest absolute Gasteiger partial charge is 0.463 e. The van der Waals surface area contributed by atoms with Crippen molar-refractivity contribution in [2.24, 2.45) is 0 Å². The Kier molecular flexibility index (Phi) is 4.83. The number of hydrogen-bond acceptors (Lipinski definition) is 4. The van der Waals surface area contributed by atoms with Crippen LogP contribution in [0.25, 0.3) is 0 Å². The maximum Gasteiger partial charge on any atom is 0.251 e. The van der Waals surface area contributed by atoms with Crippen LogP contribution in [-0.4, -0.2) is 28.0 Å². The van der Waals surface area contributed by atoms with E-state index in [0.717, 1.165) is 0 Å². The fourth-order valence-electron chi connectivity index (χ4n) is 1.96. The first-order valence-electron chi connectivity index (χ1n) is 6.80. The van der Waals surface area contributed by atoms with Gasteiger partial charge in [-0.1, -0.05) is 0 Å². The van der Waals surface area contributed by atoms with Gasteiger partial charge in [-0.2, -0.15) is 0 Å². The molecule has 0 saturated heterocycles. The molecular formula is C16H19NO4S. The molecule has 22 heavy (non-hydrogen) atoms. The number of benzene rings is 1. The molecule has 0 radical (unpaired) electrons. The van der Waals surface area contributed by atoms with Gasteiger partial charge in [-0.25, -0.2) is 0 Å². The van der Waals surface area contributed by atoms with Crippen LogP contribution in [0, 0.1) is 6.92 Å². The van der Waals surface area contributed by atoms with Gasteiger partial charge in [-0.15, -0.1) is 0 Å². The van der Waals surface area contributed by atoms with E-state index in [-0.39, 0.29) is 12.5 Å². The molecule has 2 N–H and O–H groups in total. The van der Waals surface area contributed by atoms with E-state index in [1.807, 2.05) is 0 Å². The molecule has 1 amide bonds. The Bertz CT molecular complexity index is 688. The average Bonchev–Trinajstić information content (AvgIpc) is 2.92. The van der Waals surface area contributed by atoms with E-state index in [1.165, 1.54) is 0 Å². The van der Waals surface area contributed by atoms with Crippen molar-refractivity contribution in [1.29, 1.82) is 0 Å². The molecule has 0 aliphatic rings. The summed E-state index contributed by atoms with van der Waals surface area (Å²) < 4.78 is 16.7. The minimum atomic E-state index is -1.28. The van der Waals surface area contributed by atoms with Crippen molar-refractivity contribution in [3.8, 4) is 0 Å². The zero-order chi connectivity index (χ0) is 16.3. The number of aryl methyl sites for hydroxylation is 1. The SMILES string of the molecule is Cc1ccc(C(C)(O)CNC(=O)c2ccc(S(C)=O)cc2)o1. The first kappa shape index (κ1) is 16.5. The lowest BCUT2D eigenvalue weighted by molar-refractivity contribution is 0.0323. The summed E-state index contributed by atoms with van der Waals surface area (Å²) in [4.78, 5) is 12.7. The molecule has 6 heteroatoms. The fraction of sp³-hybridized carbons (Fsp3) is 0.312. The lowest BCUT2D eigenvalue weighted by Gasteiger charge is -2.21. The molecule has 0 bridgehead atoms. The summed E-state index contributed by atoms with van der Waals surface area (Å²) in [6.07, 6.45) is 1.58. The molecule has 2 aromatic rings. The van der Waals surface area contributed by atoms with Crippen molar-refractivity contribution in [1.82, 2.24) is 5.32 Å². The van der Waals surface area contributed by atoms with Crippen molar-refractivity contribution in [3.63, 3.8) is 0 Å². The first-order valence-corrected chi connectivity index (χ1v) is 8.36. The Morgan fingerprint density at radius 2 is 1.91 bits per heavy atom. The van der Waals surface area contributed by atoms with E-state index in [0.29, 0.717) is 22.0 Å². The summed E-state index contributed by atoms with van der Waals surface area (Å²) in [5.41, 5.74) is -0.838. The number of nitrogens with one attached hydrogen (secondary N) is 1. The maximum atomic E-state index is 12.1. The van der Waals surface area contributed by atoms with Gasteiger partial charge in [-0.05, 0) is 50.2 Å². The second-order valence-corrected chi connectivity index (χ2v) is 6.72. The highest BCUT2D eigenvalue weighted by Crippen LogP contribution is 2.22. The van der Waals surface area contributed by atoms with E-state index >= 15 is 0 Å². The van der Waals surface area contributed by atoms with E-state index in [9.17, 15) is 14.1 Å². The average molecular weight is 321 g/mol. The van der Waals surface area contributed by atoms with Gasteiger partial charge in [0.25, 0.3) is 5.91 Å². The second kappa shape index (κ2) is 6.46. The molecule has 1 aromatic carbocycles. The van der Waals surface area contributed by atoms with Crippen molar-refractivity contribution >= 4 is 16.7 Å². The third-order valence-electron chi connectivity index (χ3n) is 3.31. The molecule has 2 unspecified atom stereocenters. The fourth-order valence-corrected chi connectivity index (χ4v) is 2.48. The van der Waals surface area contributed by atoms with E-state index in [2.05, 4.69) is 5.32 Å². The Morgan fingerprint density at radius 1 is 1.27 bits per heavy atom. The van der Waals surface area contributed by atoms with E-state index < -0.39 is 16.4 Å². The zero-order valence-electron chi connectivity index (χ0n) is 12.8. The van der Waals surface area contributed by atoms with E-state index in [1.54, 1.807) is 56.5 Å². The van der Waals surface area contributed by atoms with Gasteiger partial charge in [0, 0.05) is 27.5 Å². The lowest BCUT2D eigenvalue weighted by Crippen LogP contribution is -2.38. The molecular weight excluding hydrogens is 302 g/mol. The van der Waals surface area contributed by atoms with Crippen LogP contribution < -0.4 is 5.32 Å². The number of rotatable bonds is 5. The van der Waals surface area contributed by atoms with Gasteiger partial charge < -0.3 is 14.8 Å². The number of carbonyl (C=O) groups excluding carboxylic acids is 1. The highest BCUT2D eigenvalue weighted by atomic mass is 32.2. The van der Waals surface area contributed by atoms with Gasteiger partial charge in [0.15, 0.2) is 0 Å². The van der Waals surface area contributed by atoms with Gasteiger partial charge in [0.1, 0.15) is 17.1 Å². The normalized spacial score (nSPS) is 15.1. The number of hydrogen-bond donors (Lipinski definition) is 2. The molecule has 0 aliphatic heterocycles. The quantitative estimate of drug-likeness (QED) is 0.882. The predicted molar refractivity (Wildman–Crippen MR) is 84.1 cm³/mol. The number of carbonyl (C=O) groups is 1. The Balaban J connectivity index is 2.01. The Hall–Kier alpha value is -1.92. The highest BCUT2D eigenvalue weighted by molar-refractivity contribution is 7.84. The Labute approximate surface area is 131 Å². The molecule has 5 nitrogen and oxygen atoms in total. The molecule has 1 aromatic heterocycles. The maximum absolute atomic E-state index is 12.1. The van der Waals surface area contributed by atoms with Crippen LogP contribution in [0.1, 0.15) is 28.8 Å². The van der Waals surface area contributed by atoms with Crippen molar-refractivity contribution in [2.45, 2.75) is 24.3 Å². The lowest BCUT2D eigenvalue weighted by atomic mass is 10.0. The van der Waals surface area contributed by atoms with Crippen LogP contribution in [0.5, 0.6) is 0 Å².